The van der Waals surface area contributed by atoms with Gasteiger partial charge < -0.3 is 5.32 Å². The Balaban J connectivity index is 2.11. The molecule has 17 heavy (non-hydrogen) atoms. The Morgan fingerprint density at radius 1 is 1.59 bits per heavy atom. The Bertz CT molecular complexity index is 444. The summed E-state index contributed by atoms with van der Waals surface area (Å²) in [5.74, 6) is 0. The topological polar surface area (TPSA) is 39.1 Å². The zero-order chi connectivity index (χ0) is 12.3. The van der Waals surface area contributed by atoms with Crippen LogP contribution in [0.15, 0.2) is 22.7 Å². The monoisotopic (exact) mass is 313 g/mol. The zero-order valence-electron chi connectivity index (χ0n) is 9.29. The fourth-order valence-electron chi connectivity index (χ4n) is 1.93. The molecule has 0 bridgehead atoms. The second-order valence-electron chi connectivity index (χ2n) is 4.06. The maximum atomic E-state index is 9.08. The summed E-state index contributed by atoms with van der Waals surface area (Å²) in [6.07, 6.45) is 0. The molecule has 3 nitrogen and oxygen atoms in total. The van der Waals surface area contributed by atoms with Gasteiger partial charge >= 0.3 is 0 Å². The van der Waals surface area contributed by atoms with Crippen LogP contribution in [0.1, 0.15) is 5.56 Å². The molecule has 0 saturated carbocycles. The number of hydrogen-bond acceptors (Lipinski definition) is 3. The van der Waals surface area contributed by atoms with Gasteiger partial charge in [0.25, 0.3) is 0 Å². The van der Waals surface area contributed by atoms with Crippen LogP contribution in [-0.2, 0) is 6.54 Å². The first-order chi connectivity index (χ1) is 8.20. The average molecular weight is 315 g/mol. The third-order valence-corrected chi connectivity index (χ3v) is 3.74. The summed E-state index contributed by atoms with van der Waals surface area (Å²) in [7, 11) is 0. The molecule has 2 rings (SSSR count). The van der Waals surface area contributed by atoms with Crippen LogP contribution in [0.25, 0.3) is 0 Å². The Morgan fingerprint density at radius 3 is 3.12 bits per heavy atom. The number of nitrogens with zero attached hydrogens (tertiary/aromatic N) is 2. The molecule has 0 radical (unpaired) electrons. The zero-order valence-corrected chi connectivity index (χ0v) is 11.6. The van der Waals surface area contributed by atoms with Crippen molar-refractivity contribution in [3.8, 4) is 6.07 Å². The van der Waals surface area contributed by atoms with Gasteiger partial charge in [-0.15, -0.1) is 0 Å². The summed E-state index contributed by atoms with van der Waals surface area (Å²) in [5, 5.41) is 13.0. The molecule has 1 unspecified atom stereocenters. The van der Waals surface area contributed by atoms with Crippen molar-refractivity contribution in [2.45, 2.75) is 12.6 Å². The molecule has 5 heteroatoms. The van der Waals surface area contributed by atoms with E-state index in [9.17, 15) is 0 Å². The van der Waals surface area contributed by atoms with Gasteiger partial charge in [-0.1, -0.05) is 33.6 Å². The first-order valence-electron chi connectivity index (χ1n) is 5.49. The Kier molecular flexibility index (Phi) is 4.41. The van der Waals surface area contributed by atoms with Crippen molar-refractivity contribution in [1.29, 1.82) is 5.26 Å². The second kappa shape index (κ2) is 5.83. The fraction of sp³-hybridized carbons (Fsp3) is 0.417. The lowest BCUT2D eigenvalue weighted by Crippen LogP contribution is -2.50. The van der Waals surface area contributed by atoms with E-state index in [0.717, 1.165) is 41.2 Å². The summed E-state index contributed by atoms with van der Waals surface area (Å²) in [6.45, 7) is 3.26. The van der Waals surface area contributed by atoms with Gasteiger partial charge in [0.15, 0.2) is 0 Å². The first kappa shape index (κ1) is 12.8. The van der Waals surface area contributed by atoms with E-state index in [4.69, 9.17) is 16.9 Å². The van der Waals surface area contributed by atoms with E-state index in [2.05, 4.69) is 32.2 Å². The third-order valence-electron chi connectivity index (χ3n) is 2.89. The quantitative estimate of drug-likeness (QED) is 0.911. The third kappa shape index (κ3) is 3.20. The second-order valence-corrected chi connectivity index (χ2v) is 5.38. The van der Waals surface area contributed by atoms with Crippen LogP contribution in [-0.4, -0.2) is 30.6 Å². The van der Waals surface area contributed by atoms with E-state index in [-0.39, 0.29) is 6.04 Å². The highest BCUT2D eigenvalue weighted by molar-refractivity contribution is 9.10. The molecule has 0 spiro atoms. The molecule has 0 aliphatic carbocycles. The van der Waals surface area contributed by atoms with E-state index >= 15 is 0 Å². The molecule has 1 N–H and O–H groups in total. The Labute approximate surface area is 114 Å². The van der Waals surface area contributed by atoms with E-state index in [1.54, 1.807) is 0 Å². The highest BCUT2D eigenvalue weighted by Crippen LogP contribution is 2.23. The van der Waals surface area contributed by atoms with Crippen LogP contribution < -0.4 is 5.32 Å². The molecule has 90 valence electrons. The Morgan fingerprint density at radius 2 is 2.41 bits per heavy atom. The largest absolute Gasteiger partial charge is 0.313 e. The minimum atomic E-state index is -0.0662. The highest BCUT2D eigenvalue weighted by Gasteiger charge is 2.22. The van der Waals surface area contributed by atoms with E-state index in [1.807, 2.05) is 18.2 Å². The van der Waals surface area contributed by atoms with Crippen molar-refractivity contribution >= 4 is 27.5 Å². The number of halogens is 2. The summed E-state index contributed by atoms with van der Waals surface area (Å²) >= 11 is 9.57. The summed E-state index contributed by atoms with van der Waals surface area (Å²) < 4.78 is 0.975. The van der Waals surface area contributed by atoms with E-state index in [1.165, 1.54) is 0 Å². The lowest BCUT2D eigenvalue weighted by molar-refractivity contribution is 0.189. The predicted octanol–water partition coefficient (Wildman–Crippen LogP) is 2.40. The fourth-order valence-corrected chi connectivity index (χ4v) is 2.66. The lowest BCUT2D eigenvalue weighted by atomic mass is 10.1. The van der Waals surface area contributed by atoms with Gasteiger partial charge in [0.05, 0.1) is 6.07 Å². The molecule has 1 aromatic carbocycles. The van der Waals surface area contributed by atoms with Crippen LogP contribution in [0.2, 0.25) is 5.02 Å². The number of nitrogens with one attached hydrogen (secondary N) is 1. The molecule has 0 aromatic heterocycles. The van der Waals surface area contributed by atoms with Crippen LogP contribution in [0.3, 0.4) is 0 Å². The van der Waals surface area contributed by atoms with Gasteiger partial charge in [0.2, 0.25) is 0 Å². The van der Waals surface area contributed by atoms with Crippen molar-refractivity contribution in [1.82, 2.24) is 10.2 Å². The van der Waals surface area contributed by atoms with Gasteiger partial charge in [-0.25, -0.2) is 0 Å². The molecule has 1 aliphatic rings. The van der Waals surface area contributed by atoms with Crippen LogP contribution in [0, 0.1) is 11.3 Å². The minimum Gasteiger partial charge on any atom is -0.313 e. The van der Waals surface area contributed by atoms with Crippen molar-refractivity contribution in [3.05, 3.63) is 33.3 Å². The minimum absolute atomic E-state index is 0.0662. The maximum Gasteiger partial charge on any atom is 0.111 e. The van der Waals surface area contributed by atoms with Gasteiger partial charge in [0.1, 0.15) is 6.04 Å². The van der Waals surface area contributed by atoms with Crippen LogP contribution in [0.5, 0.6) is 0 Å². The van der Waals surface area contributed by atoms with Crippen LogP contribution >= 0.6 is 27.5 Å². The number of piperazine rings is 1. The van der Waals surface area contributed by atoms with Crippen molar-refractivity contribution in [3.63, 3.8) is 0 Å². The van der Waals surface area contributed by atoms with Crippen molar-refractivity contribution in [2.75, 3.05) is 19.6 Å². The number of rotatable bonds is 2. The number of benzene rings is 1. The molecule has 1 aromatic rings. The van der Waals surface area contributed by atoms with Crippen molar-refractivity contribution in [2.24, 2.45) is 0 Å². The van der Waals surface area contributed by atoms with Gasteiger partial charge in [-0.2, -0.15) is 5.26 Å². The molecule has 1 fully saturated rings. The molecular weight excluding hydrogens is 302 g/mol. The molecule has 1 aliphatic heterocycles. The summed E-state index contributed by atoms with van der Waals surface area (Å²) in [5.41, 5.74) is 1.07. The van der Waals surface area contributed by atoms with Gasteiger partial charge in [-0.05, 0) is 17.7 Å². The maximum absolute atomic E-state index is 9.08. The molecule has 1 atom stereocenters. The van der Waals surface area contributed by atoms with Gasteiger partial charge in [0, 0.05) is 35.7 Å². The lowest BCUT2D eigenvalue weighted by Gasteiger charge is -2.32. The summed E-state index contributed by atoms with van der Waals surface area (Å²) in [6, 6.07) is 8.12. The number of hydrogen-bond donors (Lipinski definition) is 1. The van der Waals surface area contributed by atoms with Crippen molar-refractivity contribution < 1.29 is 0 Å². The normalized spacial score (nSPS) is 21.1. The molecule has 1 heterocycles. The predicted molar refractivity (Wildman–Crippen MR) is 71.8 cm³/mol. The molecule has 1 saturated heterocycles. The van der Waals surface area contributed by atoms with Gasteiger partial charge in [-0.3, -0.25) is 4.90 Å². The van der Waals surface area contributed by atoms with E-state index < -0.39 is 0 Å². The van der Waals surface area contributed by atoms with Crippen LogP contribution in [0.4, 0.5) is 0 Å². The van der Waals surface area contributed by atoms with E-state index in [0.29, 0.717) is 0 Å². The first-order valence-corrected chi connectivity index (χ1v) is 6.66. The summed E-state index contributed by atoms with van der Waals surface area (Å²) in [4.78, 5) is 2.16. The molecular formula is C12H13BrClN3. The standard InChI is InChI=1S/C12H13BrClN3/c13-10-2-1-9(12(14)5-10)8-17-4-3-16-7-11(17)6-15/h1-2,5,11,16H,3-4,7-8H2. The smallest absolute Gasteiger partial charge is 0.111 e. The molecule has 0 amide bonds. The Hall–Kier alpha value is -0.600. The highest BCUT2D eigenvalue weighted by atomic mass is 79.9. The SMILES string of the molecule is N#CC1CNCCN1Cc1ccc(Br)cc1Cl. The number of nitriles is 1. The average Bonchev–Trinajstić information content (AvgIpc) is 2.33.